The number of halogens is 3. The third kappa shape index (κ3) is 6.49. The highest BCUT2D eigenvalue weighted by atomic mass is 32.2. The van der Waals surface area contributed by atoms with Gasteiger partial charge in [0.15, 0.2) is 0 Å². The van der Waals surface area contributed by atoms with Crippen LogP contribution in [0, 0.1) is 5.92 Å². The smallest absolute Gasteiger partial charge is 0.416 e. The number of carbonyl (C=O) groups is 2. The Bertz CT molecular complexity index is 1160. The molecule has 1 fully saturated rings. The minimum absolute atomic E-state index is 0.0219. The number of carbonyl (C=O) groups excluding carboxylic acids is 2. The fraction of sp³-hybridized carbons (Fsp3) is 0.391. The van der Waals surface area contributed by atoms with E-state index in [4.69, 9.17) is 4.74 Å². The molecule has 0 saturated heterocycles. The lowest BCUT2D eigenvalue weighted by atomic mass is 9.88. The number of rotatable bonds is 7. The summed E-state index contributed by atoms with van der Waals surface area (Å²) in [4.78, 5) is 23.9. The first-order valence-corrected chi connectivity index (χ1v) is 12.2. The molecule has 1 amide bonds. The topological polar surface area (TPSA) is 102 Å². The molecule has 0 aromatic heterocycles. The van der Waals surface area contributed by atoms with E-state index in [1.54, 1.807) is 0 Å². The van der Waals surface area contributed by atoms with Crippen molar-refractivity contribution in [2.24, 2.45) is 5.92 Å². The number of hydrogen-bond acceptors (Lipinski definition) is 5. The predicted molar refractivity (Wildman–Crippen MR) is 118 cm³/mol. The Balaban J connectivity index is 1.84. The first-order chi connectivity index (χ1) is 16.0. The number of amides is 1. The van der Waals surface area contributed by atoms with Crippen LogP contribution < -0.4 is 10.0 Å². The van der Waals surface area contributed by atoms with Crippen LogP contribution in [0.4, 0.5) is 18.9 Å². The van der Waals surface area contributed by atoms with E-state index in [2.05, 4.69) is 10.0 Å². The Kier molecular flexibility index (Phi) is 7.86. The van der Waals surface area contributed by atoms with Gasteiger partial charge in [-0.25, -0.2) is 13.2 Å². The molecule has 1 aliphatic rings. The lowest BCUT2D eigenvalue weighted by molar-refractivity contribution is -0.137. The van der Waals surface area contributed by atoms with Crippen LogP contribution in [0.3, 0.4) is 0 Å². The van der Waals surface area contributed by atoms with Crippen molar-refractivity contribution in [3.05, 3.63) is 59.2 Å². The average molecular weight is 499 g/mol. The standard InChI is InChI=1S/C23H25F3N2O5S/c1-33-22(30)17-10-15(14-27-21(29)16-6-3-2-4-7-16)11-19(12-17)28-34(31,32)20-9-5-8-18(13-20)23(24,25)26/h5,8-13,16,28H,2-4,6-7,14H2,1H3,(H,27,29). The molecule has 0 spiro atoms. The van der Waals surface area contributed by atoms with E-state index in [1.807, 2.05) is 0 Å². The molecular weight excluding hydrogens is 473 g/mol. The number of sulfonamides is 1. The van der Waals surface area contributed by atoms with Crippen LogP contribution in [0.15, 0.2) is 47.4 Å². The Hall–Kier alpha value is -3.08. The van der Waals surface area contributed by atoms with Crippen molar-refractivity contribution >= 4 is 27.6 Å². The maximum Gasteiger partial charge on any atom is 0.416 e. The van der Waals surface area contributed by atoms with Crippen molar-refractivity contribution in [1.29, 1.82) is 0 Å². The summed E-state index contributed by atoms with van der Waals surface area (Å²) >= 11 is 0. The first kappa shape index (κ1) is 25.5. The molecule has 0 aliphatic heterocycles. The van der Waals surface area contributed by atoms with Gasteiger partial charge in [-0.2, -0.15) is 13.2 Å². The molecule has 1 aliphatic carbocycles. The Morgan fingerprint density at radius 2 is 1.76 bits per heavy atom. The summed E-state index contributed by atoms with van der Waals surface area (Å²) in [6.07, 6.45) is -0.0404. The zero-order chi connectivity index (χ0) is 24.9. The second kappa shape index (κ2) is 10.5. The summed E-state index contributed by atoms with van der Waals surface area (Å²) in [6, 6.07) is 7.39. The van der Waals surface area contributed by atoms with Gasteiger partial charge in [-0.05, 0) is 54.8 Å². The highest BCUT2D eigenvalue weighted by Gasteiger charge is 2.31. The number of methoxy groups -OCH3 is 1. The van der Waals surface area contributed by atoms with Gasteiger partial charge in [-0.15, -0.1) is 0 Å². The molecule has 11 heteroatoms. The molecule has 7 nitrogen and oxygen atoms in total. The van der Waals surface area contributed by atoms with Crippen molar-refractivity contribution in [2.75, 3.05) is 11.8 Å². The molecule has 0 atom stereocenters. The van der Waals surface area contributed by atoms with Gasteiger partial charge < -0.3 is 10.1 Å². The number of esters is 1. The summed E-state index contributed by atoms with van der Waals surface area (Å²) in [5.74, 6) is -0.939. The molecule has 2 aromatic rings. The van der Waals surface area contributed by atoms with Crippen molar-refractivity contribution in [3.8, 4) is 0 Å². The van der Waals surface area contributed by atoms with Crippen LogP contribution in [0.2, 0.25) is 0 Å². The third-order valence-corrected chi connectivity index (χ3v) is 6.96. The van der Waals surface area contributed by atoms with E-state index in [1.165, 1.54) is 18.2 Å². The predicted octanol–water partition coefficient (Wildman–Crippen LogP) is 4.49. The molecule has 0 unspecified atom stereocenters. The minimum Gasteiger partial charge on any atom is -0.465 e. The lowest BCUT2D eigenvalue weighted by Crippen LogP contribution is -2.31. The normalized spacial score (nSPS) is 14.9. The van der Waals surface area contributed by atoms with Crippen LogP contribution in [0.25, 0.3) is 0 Å². The summed E-state index contributed by atoms with van der Waals surface area (Å²) in [6.45, 7) is 0.0401. The van der Waals surface area contributed by atoms with E-state index >= 15 is 0 Å². The molecule has 2 N–H and O–H groups in total. The van der Waals surface area contributed by atoms with Crippen LogP contribution in [-0.4, -0.2) is 27.4 Å². The highest BCUT2D eigenvalue weighted by molar-refractivity contribution is 7.92. The molecule has 34 heavy (non-hydrogen) atoms. The van der Waals surface area contributed by atoms with Crippen LogP contribution >= 0.6 is 0 Å². The molecule has 0 radical (unpaired) electrons. The molecule has 1 saturated carbocycles. The number of anilines is 1. The van der Waals surface area contributed by atoms with Gasteiger partial charge in [-0.1, -0.05) is 25.3 Å². The lowest BCUT2D eigenvalue weighted by Gasteiger charge is -2.21. The van der Waals surface area contributed by atoms with Crippen LogP contribution in [0.5, 0.6) is 0 Å². The molecule has 0 bridgehead atoms. The summed E-state index contributed by atoms with van der Waals surface area (Å²) in [7, 11) is -3.24. The summed E-state index contributed by atoms with van der Waals surface area (Å²) in [5, 5.41) is 2.81. The Labute approximate surface area is 195 Å². The Morgan fingerprint density at radius 3 is 2.41 bits per heavy atom. The molecule has 3 rings (SSSR count). The van der Waals surface area contributed by atoms with Gasteiger partial charge >= 0.3 is 12.1 Å². The second-order valence-electron chi connectivity index (χ2n) is 8.09. The maximum absolute atomic E-state index is 13.0. The quantitative estimate of drug-likeness (QED) is 0.548. The van der Waals surface area contributed by atoms with E-state index in [-0.39, 0.29) is 29.6 Å². The average Bonchev–Trinajstić information content (AvgIpc) is 2.81. The summed E-state index contributed by atoms with van der Waals surface area (Å²) in [5.41, 5.74) is -0.713. The SMILES string of the molecule is COC(=O)c1cc(CNC(=O)C2CCCCC2)cc(NS(=O)(=O)c2cccc(C(F)(F)F)c2)c1. The van der Waals surface area contributed by atoms with Gasteiger partial charge in [0.25, 0.3) is 10.0 Å². The van der Waals surface area contributed by atoms with Crippen molar-refractivity contribution in [1.82, 2.24) is 5.32 Å². The fourth-order valence-corrected chi connectivity index (χ4v) is 4.93. The number of alkyl halides is 3. The van der Waals surface area contributed by atoms with Gasteiger partial charge in [0.2, 0.25) is 5.91 Å². The van der Waals surface area contributed by atoms with Gasteiger partial charge in [0.1, 0.15) is 0 Å². The van der Waals surface area contributed by atoms with Gasteiger partial charge in [0, 0.05) is 12.5 Å². The maximum atomic E-state index is 13.0. The van der Waals surface area contributed by atoms with Gasteiger partial charge in [0.05, 0.1) is 28.8 Å². The summed E-state index contributed by atoms with van der Waals surface area (Å²) < 4.78 is 71.4. The van der Waals surface area contributed by atoms with E-state index in [0.29, 0.717) is 11.6 Å². The van der Waals surface area contributed by atoms with Crippen molar-refractivity contribution in [2.45, 2.75) is 49.7 Å². The first-order valence-electron chi connectivity index (χ1n) is 10.7. The van der Waals surface area contributed by atoms with E-state index < -0.39 is 32.6 Å². The zero-order valence-electron chi connectivity index (χ0n) is 18.4. The van der Waals surface area contributed by atoms with Crippen LogP contribution in [-0.2, 0) is 32.3 Å². The van der Waals surface area contributed by atoms with E-state index in [9.17, 15) is 31.2 Å². The molecule has 2 aromatic carbocycles. The van der Waals surface area contributed by atoms with Crippen molar-refractivity contribution in [3.63, 3.8) is 0 Å². The fourth-order valence-electron chi connectivity index (χ4n) is 3.84. The van der Waals surface area contributed by atoms with E-state index in [0.717, 1.165) is 57.4 Å². The van der Waals surface area contributed by atoms with Crippen molar-refractivity contribution < 1.29 is 35.9 Å². The largest absolute Gasteiger partial charge is 0.465 e. The second-order valence-corrected chi connectivity index (χ2v) is 9.78. The Morgan fingerprint density at radius 1 is 1.06 bits per heavy atom. The number of hydrogen-bond donors (Lipinski definition) is 2. The number of benzene rings is 2. The van der Waals surface area contributed by atoms with Crippen LogP contribution in [0.1, 0.15) is 53.6 Å². The molecular formula is C23H25F3N2O5S. The number of nitrogens with one attached hydrogen (secondary N) is 2. The highest BCUT2D eigenvalue weighted by Crippen LogP contribution is 2.31. The monoisotopic (exact) mass is 498 g/mol. The third-order valence-electron chi connectivity index (χ3n) is 5.58. The molecule has 184 valence electrons. The number of ether oxygens (including phenoxy) is 1. The molecule has 0 heterocycles. The van der Waals surface area contributed by atoms with Gasteiger partial charge in [-0.3, -0.25) is 9.52 Å². The zero-order valence-corrected chi connectivity index (χ0v) is 19.3. The minimum atomic E-state index is -4.71.